The van der Waals surface area contributed by atoms with Crippen LogP contribution in [0.5, 0.6) is 5.75 Å². The number of carbonyl (C=O) groups excluding carboxylic acids is 2. The van der Waals surface area contributed by atoms with Crippen molar-refractivity contribution in [2.45, 2.75) is 0 Å². The predicted molar refractivity (Wildman–Crippen MR) is 99.1 cm³/mol. The second-order valence-electron chi connectivity index (χ2n) is 5.19. The number of anilines is 2. The van der Waals surface area contributed by atoms with E-state index in [0.29, 0.717) is 17.9 Å². The second-order valence-corrected chi connectivity index (χ2v) is 5.19. The molecule has 0 heterocycles. The van der Waals surface area contributed by atoms with E-state index in [1.54, 1.807) is 37.4 Å². The molecule has 0 spiro atoms. The van der Waals surface area contributed by atoms with Crippen LogP contribution in [0, 0.1) is 0 Å². The molecule has 0 fully saturated rings. The van der Waals surface area contributed by atoms with Gasteiger partial charge in [0.2, 0.25) is 5.91 Å². The number of nitrogens with one attached hydrogen (secondary N) is 3. The van der Waals surface area contributed by atoms with Crippen LogP contribution in [0.15, 0.2) is 61.2 Å². The Labute approximate surface area is 146 Å². The zero-order chi connectivity index (χ0) is 18.1. The molecule has 25 heavy (non-hydrogen) atoms. The topological polar surface area (TPSA) is 79.5 Å². The molecule has 2 aromatic carbocycles. The van der Waals surface area contributed by atoms with Crippen molar-refractivity contribution in [2.75, 3.05) is 30.8 Å². The Kier molecular flexibility index (Phi) is 6.59. The number of rotatable bonds is 8. The zero-order valence-corrected chi connectivity index (χ0v) is 14.0. The number of benzene rings is 2. The average molecular weight is 339 g/mol. The van der Waals surface area contributed by atoms with Crippen LogP contribution >= 0.6 is 0 Å². The van der Waals surface area contributed by atoms with Crippen molar-refractivity contribution in [2.24, 2.45) is 0 Å². The zero-order valence-electron chi connectivity index (χ0n) is 14.0. The molecule has 0 bridgehead atoms. The second kappa shape index (κ2) is 9.12. The van der Waals surface area contributed by atoms with Gasteiger partial charge in [-0.1, -0.05) is 18.7 Å². The Hall–Kier alpha value is -3.28. The Balaban J connectivity index is 1.86. The molecule has 2 rings (SSSR count). The fraction of sp³-hybridized carbons (Fsp3) is 0.158. The highest BCUT2D eigenvalue weighted by Gasteiger charge is 2.06. The Bertz CT molecular complexity index is 742. The molecule has 0 saturated carbocycles. The number of ether oxygens (including phenoxy) is 1. The fourth-order valence-corrected chi connectivity index (χ4v) is 2.09. The van der Waals surface area contributed by atoms with Gasteiger partial charge in [0, 0.05) is 24.0 Å². The maximum Gasteiger partial charge on any atom is 0.251 e. The third-order valence-electron chi connectivity index (χ3n) is 3.31. The summed E-state index contributed by atoms with van der Waals surface area (Å²) >= 11 is 0. The third kappa shape index (κ3) is 5.69. The minimum absolute atomic E-state index is 0.108. The number of hydrogen-bond donors (Lipinski definition) is 3. The van der Waals surface area contributed by atoms with Gasteiger partial charge in [-0.05, 0) is 42.5 Å². The first kappa shape index (κ1) is 18.1. The lowest BCUT2D eigenvalue weighted by atomic mass is 10.2. The molecule has 2 aromatic rings. The van der Waals surface area contributed by atoms with Gasteiger partial charge in [0.1, 0.15) is 12.4 Å². The molecular formula is C19H21N3O3. The Morgan fingerprint density at radius 1 is 1.12 bits per heavy atom. The third-order valence-corrected chi connectivity index (χ3v) is 3.31. The molecule has 0 atom stereocenters. The molecule has 0 aromatic heterocycles. The monoisotopic (exact) mass is 339 g/mol. The van der Waals surface area contributed by atoms with Crippen molar-refractivity contribution in [3.8, 4) is 5.75 Å². The van der Waals surface area contributed by atoms with Crippen molar-refractivity contribution < 1.29 is 14.3 Å². The lowest BCUT2D eigenvalue weighted by molar-refractivity contribution is -0.114. The summed E-state index contributed by atoms with van der Waals surface area (Å²) in [6.45, 7) is 4.15. The van der Waals surface area contributed by atoms with Gasteiger partial charge in [0.25, 0.3) is 5.91 Å². The molecule has 0 unspecified atom stereocenters. The van der Waals surface area contributed by atoms with Gasteiger partial charge < -0.3 is 20.7 Å². The molecule has 6 heteroatoms. The van der Waals surface area contributed by atoms with Crippen molar-refractivity contribution in [3.63, 3.8) is 0 Å². The summed E-state index contributed by atoms with van der Waals surface area (Å²) in [5, 5.41) is 8.33. The van der Waals surface area contributed by atoms with E-state index in [1.807, 2.05) is 24.3 Å². The van der Waals surface area contributed by atoms with Gasteiger partial charge in [-0.25, -0.2) is 0 Å². The van der Waals surface area contributed by atoms with E-state index >= 15 is 0 Å². The molecule has 0 aliphatic carbocycles. The predicted octanol–water partition coefficient (Wildman–Crippen LogP) is 2.66. The normalized spacial score (nSPS) is 9.80. The first-order valence-electron chi connectivity index (χ1n) is 7.82. The minimum atomic E-state index is -0.207. The molecular weight excluding hydrogens is 318 g/mol. The SMILES string of the molecule is C=CCOc1ccc(NCC(=O)Nc2cccc(C(=O)NC)c2)cc1. The Morgan fingerprint density at radius 3 is 2.56 bits per heavy atom. The van der Waals surface area contributed by atoms with Gasteiger partial charge in [-0.15, -0.1) is 0 Å². The van der Waals surface area contributed by atoms with E-state index in [-0.39, 0.29) is 18.4 Å². The van der Waals surface area contributed by atoms with Gasteiger partial charge in [-0.2, -0.15) is 0 Å². The smallest absolute Gasteiger partial charge is 0.251 e. The molecule has 2 amide bonds. The van der Waals surface area contributed by atoms with E-state index in [2.05, 4.69) is 22.5 Å². The van der Waals surface area contributed by atoms with Crippen LogP contribution in [0.25, 0.3) is 0 Å². The molecule has 0 aliphatic rings. The van der Waals surface area contributed by atoms with E-state index in [1.165, 1.54) is 0 Å². The first-order valence-corrected chi connectivity index (χ1v) is 7.82. The highest BCUT2D eigenvalue weighted by atomic mass is 16.5. The first-order chi connectivity index (χ1) is 12.1. The molecule has 0 aliphatic heterocycles. The summed E-state index contributed by atoms with van der Waals surface area (Å²) in [4.78, 5) is 23.6. The number of carbonyl (C=O) groups is 2. The standard InChI is InChI=1S/C19H21N3O3/c1-3-11-25-17-9-7-15(8-10-17)21-13-18(23)22-16-6-4-5-14(12-16)19(24)20-2/h3-10,12,21H,1,11,13H2,2H3,(H,20,24)(H,22,23). The lowest BCUT2D eigenvalue weighted by Gasteiger charge is -2.09. The van der Waals surface area contributed by atoms with Crippen molar-refractivity contribution in [3.05, 3.63) is 66.7 Å². The summed E-state index contributed by atoms with van der Waals surface area (Å²) < 4.78 is 5.40. The minimum Gasteiger partial charge on any atom is -0.490 e. The van der Waals surface area contributed by atoms with Crippen LogP contribution in [-0.2, 0) is 4.79 Å². The lowest BCUT2D eigenvalue weighted by Crippen LogP contribution is -2.22. The van der Waals surface area contributed by atoms with E-state index in [0.717, 1.165) is 11.4 Å². The van der Waals surface area contributed by atoms with Crippen LogP contribution < -0.4 is 20.7 Å². The van der Waals surface area contributed by atoms with Crippen LogP contribution in [0.4, 0.5) is 11.4 Å². The van der Waals surface area contributed by atoms with Crippen LogP contribution in [0.1, 0.15) is 10.4 Å². The number of amides is 2. The molecule has 130 valence electrons. The van der Waals surface area contributed by atoms with Crippen LogP contribution in [0.3, 0.4) is 0 Å². The van der Waals surface area contributed by atoms with Crippen molar-refractivity contribution in [1.29, 1.82) is 0 Å². The van der Waals surface area contributed by atoms with E-state index in [4.69, 9.17) is 4.74 Å². The maximum atomic E-state index is 12.0. The summed E-state index contributed by atoms with van der Waals surface area (Å²) in [5.41, 5.74) is 1.87. The van der Waals surface area contributed by atoms with Crippen molar-refractivity contribution >= 4 is 23.2 Å². The van der Waals surface area contributed by atoms with Gasteiger partial charge in [-0.3, -0.25) is 9.59 Å². The highest BCUT2D eigenvalue weighted by molar-refractivity contribution is 5.98. The van der Waals surface area contributed by atoms with Gasteiger partial charge in [0.05, 0.1) is 6.54 Å². The number of hydrogen-bond acceptors (Lipinski definition) is 4. The summed E-state index contributed by atoms with van der Waals surface area (Å²) in [6, 6.07) is 14.1. The largest absolute Gasteiger partial charge is 0.490 e. The quantitative estimate of drug-likeness (QED) is 0.646. The summed E-state index contributed by atoms with van der Waals surface area (Å²) in [5.74, 6) is 0.329. The molecule has 0 radical (unpaired) electrons. The van der Waals surface area contributed by atoms with Crippen molar-refractivity contribution in [1.82, 2.24) is 5.32 Å². The van der Waals surface area contributed by atoms with Crippen LogP contribution in [0.2, 0.25) is 0 Å². The summed E-state index contributed by atoms with van der Waals surface area (Å²) in [6.07, 6.45) is 1.68. The Morgan fingerprint density at radius 2 is 1.88 bits per heavy atom. The van der Waals surface area contributed by atoms with E-state index in [9.17, 15) is 9.59 Å². The summed E-state index contributed by atoms with van der Waals surface area (Å²) in [7, 11) is 1.56. The van der Waals surface area contributed by atoms with Gasteiger partial charge >= 0.3 is 0 Å². The van der Waals surface area contributed by atoms with Crippen LogP contribution in [-0.4, -0.2) is 32.0 Å². The highest BCUT2D eigenvalue weighted by Crippen LogP contribution is 2.15. The van der Waals surface area contributed by atoms with Gasteiger partial charge in [0.15, 0.2) is 0 Å². The molecule has 6 nitrogen and oxygen atoms in total. The maximum absolute atomic E-state index is 12.0. The average Bonchev–Trinajstić information content (AvgIpc) is 2.65. The van der Waals surface area contributed by atoms with E-state index < -0.39 is 0 Å². The molecule has 0 saturated heterocycles. The fourth-order valence-electron chi connectivity index (χ4n) is 2.09. The molecule has 3 N–H and O–H groups in total.